The summed E-state index contributed by atoms with van der Waals surface area (Å²) in [5.74, 6) is -0.198. The van der Waals surface area contributed by atoms with Gasteiger partial charge in [-0.05, 0) is 29.8 Å². The van der Waals surface area contributed by atoms with Crippen LogP contribution >= 0.6 is 0 Å². The van der Waals surface area contributed by atoms with Crippen LogP contribution in [0.3, 0.4) is 0 Å². The summed E-state index contributed by atoms with van der Waals surface area (Å²) in [5.41, 5.74) is 1.69. The van der Waals surface area contributed by atoms with Gasteiger partial charge in [-0.2, -0.15) is 0 Å². The van der Waals surface area contributed by atoms with Crippen LogP contribution in [0.5, 0.6) is 0 Å². The van der Waals surface area contributed by atoms with Gasteiger partial charge in [0.25, 0.3) is 5.91 Å². The molecule has 2 N–H and O–H groups in total. The lowest BCUT2D eigenvalue weighted by Crippen LogP contribution is -2.45. The molecule has 6 nitrogen and oxygen atoms in total. The van der Waals surface area contributed by atoms with E-state index in [1.807, 2.05) is 18.2 Å². The van der Waals surface area contributed by atoms with E-state index in [2.05, 4.69) is 10.6 Å². The van der Waals surface area contributed by atoms with Crippen molar-refractivity contribution >= 4 is 16.9 Å². The molecule has 1 fully saturated rings. The molecule has 1 unspecified atom stereocenters. The number of carbonyl (C=O) groups is 1. The highest BCUT2D eigenvalue weighted by atomic mass is 16.5. The Balaban J connectivity index is 1.56. The molecular weight excluding hydrogens is 344 g/mol. The van der Waals surface area contributed by atoms with Crippen molar-refractivity contribution in [3.8, 4) is 11.1 Å². The number of morpholine rings is 1. The first kappa shape index (κ1) is 17.5. The summed E-state index contributed by atoms with van der Waals surface area (Å²) in [7, 11) is 0. The molecule has 0 aliphatic carbocycles. The molecule has 4 rings (SSSR count). The fourth-order valence-electron chi connectivity index (χ4n) is 3.15. The highest BCUT2D eigenvalue weighted by Gasteiger charge is 2.16. The number of ether oxygens (including phenoxy) is 1. The summed E-state index contributed by atoms with van der Waals surface area (Å²) in [6, 6.07) is 16.1. The van der Waals surface area contributed by atoms with Crippen molar-refractivity contribution in [2.75, 3.05) is 26.2 Å². The Morgan fingerprint density at radius 3 is 2.89 bits per heavy atom. The van der Waals surface area contributed by atoms with Crippen molar-refractivity contribution in [3.05, 3.63) is 70.6 Å². The maximum Gasteiger partial charge on any atom is 0.344 e. The third-order valence-corrected chi connectivity index (χ3v) is 4.57. The average Bonchev–Trinajstić information content (AvgIpc) is 2.72. The zero-order valence-corrected chi connectivity index (χ0v) is 14.7. The average molecular weight is 364 g/mol. The van der Waals surface area contributed by atoms with Gasteiger partial charge in [0.05, 0.1) is 18.3 Å². The van der Waals surface area contributed by atoms with Gasteiger partial charge in [-0.25, -0.2) is 4.79 Å². The molecule has 3 aromatic rings. The topological polar surface area (TPSA) is 80.6 Å². The minimum atomic E-state index is -0.423. The van der Waals surface area contributed by atoms with E-state index in [4.69, 9.17) is 9.15 Å². The molecule has 0 spiro atoms. The third-order valence-electron chi connectivity index (χ3n) is 4.57. The monoisotopic (exact) mass is 364 g/mol. The van der Waals surface area contributed by atoms with Crippen LogP contribution < -0.4 is 16.3 Å². The lowest BCUT2D eigenvalue weighted by Gasteiger charge is -2.23. The minimum absolute atomic E-state index is 0.0292. The van der Waals surface area contributed by atoms with Crippen molar-refractivity contribution in [1.82, 2.24) is 10.6 Å². The summed E-state index contributed by atoms with van der Waals surface area (Å²) in [5, 5.41) is 6.95. The first-order valence-corrected chi connectivity index (χ1v) is 8.94. The molecule has 0 saturated carbocycles. The van der Waals surface area contributed by atoms with E-state index in [1.54, 1.807) is 36.4 Å². The second-order valence-corrected chi connectivity index (χ2v) is 6.47. The number of amides is 1. The number of rotatable bonds is 4. The van der Waals surface area contributed by atoms with Crippen LogP contribution in [0.2, 0.25) is 0 Å². The summed E-state index contributed by atoms with van der Waals surface area (Å²) < 4.78 is 11.0. The van der Waals surface area contributed by atoms with E-state index in [9.17, 15) is 9.59 Å². The molecule has 27 heavy (non-hydrogen) atoms. The Kier molecular flexibility index (Phi) is 5.00. The Morgan fingerprint density at radius 1 is 1.15 bits per heavy atom. The summed E-state index contributed by atoms with van der Waals surface area (Å²) in [6.07, 6.45) is -0.0292. The van der Waals surface area contributed by atoms with Gasteiger partial charge in [-0.15, -0.1) is 0 Å². The molecule has 2 heterocycles. The zero-order valence-electron chi connectivity index (χ0n) is 14.7. The number of benzene rings is 2. The predicted octanol–water partition coefficient (Wildman–Crippen LogP) is 2.18. The Labute approximate surface area is 156 Å². The van der Waals surface area contributed by atoms with Gasteiger partial charge in [0.2, 0.25) is 0 Å². The highest BCUT2D eigenvalue weighted by molar-refractivity contribution is 5.95. The van der Waals surface area contributed by atoms with Gasteiger partial charge in [-0.3, -0.25) is 4.79 Å². The number of carbonyl (C=O) groups excluding carboxylic acids is 1. The molecule has 6 heteroatoms. The normalized spacial score (nSPS) is 17.0. The first-order valence-electron chi connectivity index (χ1n) is 8.94. The van der Waals surface area contributed by atoms with E-state index < -0.39 is 5.63 Å². The van der Waals surface area contributed by atoms with Crippen LogP contribution in [-0.4, -0.2) is 38.3 Å². The van der Waals surface area contributed by atoms with Gasteiger partial charge in [0.15, 0.2) is 0 Å². The summed E-state index contributed by atoms with van der Waals surface area (Å²) >= 11 is 0. The molecule has 2 aromatic carbocycles. The SMILES string of the molecule is O=C(NCC1CNCCO1)c1cccc(-c2cc3ccccc3oc2=O)c1. The second kappa shape index (κ2) is 7.73. The van der Waals surface area contributed by atoms with Gasteiger partial charge in [-0.1, -0.05) is 30.3 Å². The Bertz CT molecular complexity index is 1020. The van der Waals surface area contributed by atoms with E-state index in [0.29, 0.717) is 35.4 Å². The van der Waals surface area contributed by atoms with Crippen LogP contribution in [0, 0.1) is 0 Å². The zero-order chi connectivity index (χ0) is 18.6. The van der Waals surface area contributed by atoms with Crippen LogP contribution in [0.1, 0.15) is 10.4 Å². The highest BCUT2D eigenvalue weighted by Crippen LogP contribution is 2.22. The van der Waals surface area contributed by atoms with E-state index in [1.165, 1.54) is 0 Å². The number of nitrogens with one attached hydrogen (secondary N) is 2. The number of fused-ring (bicyclic) bond motifs is 1. The molecule has 1 saturated heterocycles. The van der Waals surface area contributed by atoms with Crippen LogP contribution in [0.4, 0.5) is 0 Å². The molecule has 1 aliphatic heterocycles. The largest absolute Gasteiger partial charge is 0.422 e. The van der Waals surface area contributed by atoms with Crippen LogP contribution in [-0.2, 0) is 4.74 Å². The molecule has 1 atom stereocenters. The molecule has 1 aromatic heterocycles. The van der Waals surface area contributed by atoms with Gasteiger partial charge in [0.1, 0.15) is 5.58 Å². The molecule has 1 aliphatic rings. The fraction of sp³-hybridized carbons (Fsp3) is 0.238. The van der Waals surface area contributed by atoms with E-state index in [0.717, 1.165) is 18.5 Å². The van der Waals surface area contributed by atoms with E-state index >= 15 is 0 Å². The lowest BCUT2D eigenvalue weighted by atomic mass is 10.0. The number of hydrogen-bond acceptors (Lipinski definition) is 5. The second-order valence-electron chi connectivity index (χ2n) is 6.47. The van der Waals surface area contributed by atoms with Crippen molar-refractivity contribution in [3.63, 3.8) is 0 Å². The van der Waals surface area contributed by atoms with Crippen molar-refractivity contribution in [1.29, 1.82) is 0 Å². The van der Waals surface area contributed by atoms with Crippen molar-refractivity contribution in [2.45, 2.75) is 6.10 Å². The summed E-state index contributed by atoms with van der Waals surface area (Å²) in [6.45, 7) is 2.64. The molecule has 138 valence electrons. The fourth-order valence-corrected chi connectivity index (χ4v) is 3.15. The quantitative estimate of drug-likeness (QED) is 0.694. The molecule has 0 radical (unpaired) electrons. The number of para-hydroxylation sites is 1. The van der Waals surface area contributed by atoms with Crippen molar-refractivity contribution in [2.24, 2.45) is 0 Å². The maximum absolute atomic E-state index is 12.5. The van der Waals surface area contributed by atoms with Gasteiger partial charge in [0, 0.05) is 30.6 Å². The molecule has 1 amide bonds. The molecule has 0 bridgehead atoms. The van der Waals surface area contributed by atoms with Crippen LogP contribution in [0.15, 0.2) is 63.8 Å². The van der Waals surface area contributed by atoms with E-state index in [-0.39, 0.29) is 12.0 Å². The standard InChI is InChI=1S/C21H20N2O4/c24-20(23-13-17-12-22-8-9-26-17)16-6-3-5-14(10-16)18-11-15-4-1-2-7-19(15)27-21(18)25/h1-7,10-11,17,22H,8-9,12-13H2,(H,23,24). The molecular formula is C21H20N2O4. The van der Waals surface area contributed by atoms with Crippen molar-refractivity contribution < 1.29 is 13.9 Å². The minimum Gasteiger partial charge on any atom is -0.422 e. The maximum atomic E-state index is 12.5. The van der Waals surface area contributed by atoms with Crippen LogP contribution in [0.25, 0.3) is 22.1 Å². The predicted molar refractivity (Wildman–Crippen MR) is 103 cm³/mol. The number of hydrogen-bond donors (Lipinski definition) is 2. The Hall–Kier alpha value is -2.96. The lowest BCUT2D eigenvalue weighted by molar-refractivity contribution is 0.0287. The first-order chi connectivity index (χ1) is 13.2. The third kappa shape index (κ3) is 3.92. The van der Waals surface area contributed by atoms with Gasteiger partial charge < -0.3 is 19.8 Å². The smallest absolute Gasteiger partial charge is 0.344 e. The summed E-state index contributed by atoms with van der Waals surface area (Å²) in [4.78, 5) is 24.8. The Morgan fingerprint density at radius 2 is 2.04 bits per heavy atom. The van der Waals surface area contributed by atoms with Gasteiger partial charge >= 0.3 is 5.63 Å².